The number of halogens is 1. The van der Waals surface area contributed by atoms with Crippen molar-refractivity contribution in [2.75, 3.05) is 26.5 Å². The van der Waals surface area contributed by atoms with Gasteiger partial charge in [0.2, 0.25) is 5.91 Å². The largest absolute Gasteiger partial charge is 0.355 e. The van der Waals surface area contributed by atoms with E-state index < -0.39 is 5.41 Å². The SMILES string of the molecule is CN(C)C(=O)c1sc2ncccc2c1C1CCC(CNC(=O)C(C)(C)CCl)CC1. The van der Waals surface area contributed by atoms with E-state index in [-0.39, 0.29) is 11.8 Å². The van der Waals surface area contributed by atoms with Crippen LogP contribution in [0.4, 0.5) is 0 Å². The van der Waals surface area contributed by atoms with Gasteiger partial charge in [-0.15, -0.1) is 22.9 Å². The van der Waals surface area contributed by atoms with E-state index in [1.165, 1.54) is 16.9 Å². The molecule has 0 saturated heterocycles. The van der Waals surface area contributed by atoms with E-state index in [9.17, 15) is 9.59 Å². The molecule has 1 aliphatic rings. The predicted molar refractivity (Wildman–Crippen MR) is 120 cm³/mol. The fourth-order valence-electron chi connectivity index (χ4n) is 3.91. The molecule has 0 atom stereocenters. The molecule has 2 heterocycles. The summed E-state index contributed by atoms with van der Waals surface area (Å²) in [6, 6.07) is 4.03. The maximum Gasteiger partial charge on any atom is 0.263 e. The molecule has 0 unspecified atom stereocenters. The van der Waals surface area contributed by atoms with Gasteiger partial charge < -0.3 is 10.2 Å². The van der Waals surface area contributed by atoms with E-state index in [1.54, 1.807) is 25.2 Å². The quantitative estimate of drug-likeness (QED) is 0.671. The molecule has 0 aromatic carbocycles. The highest BCUT2D eigenvalue weighted by atomic mass is 35.5. The summed E-state index contributed by atoms with van der Waals surface area (Å²) in [5.41, 5.74) is 0.630. The second-order valence-corrected chi connectivity index (χ2v) is 10.1. The van der Waals surface area contributed by atoms with Crippen molar-refractivity contribution in [1.82, 2.24) is 15.2 Å². The Bertz CT molecular complexity index is 885. The smallest absolute Gasteiger partial charge is 0.263 e. The fraction of sp³-hybridized carbons (Fsp3) is 0.591. The maximum absolute atomic E-state index is 12.8. The van der Waals surface area contributed by atoms with Gasteiger partial charge in [-0.05, 0) is 63.0 Å². The van der Waals surface area contributed by atoms with Crippen molar-refractivity contribution < 1.29 is 9.59 Å². The van der Waals surface area contributed by atoms with Crippen molar-refractivity contribution in [3.8, 4) is 0 Å². The van der Waals surface area contributed by atoms with Crippen molar-refractivity contribution in [1.29, 1.82) is 0 Å². The lowest BCUT2D eigenvalue weighted by molar-refractivity contribution is -0.128. The molecular weight excluding hydrogens is 406 g/mol. The molecule has 0 radical (unpaired) electrons. The fourth-order valence-corrected chi connectivity index (χ4v) is 5.28. The summed E-state index contributed by atoms with van der Waals surface area (Å²) in [5, 5.41) is 4.19. The highest BCUT2D eigenvalue weighted by Crippen LogP contribution is 2.43. The van der Waals surface area contributed by atoms with Gasteiger partial charge in [0.15, 0.2) is 0 Å². The maximum atomic E-state index is 12.8. The van der Waals surface area contributed by atoms with Crippen molar-refractivity contribution in [3.05, 3.63) is 28.8 Å². The van der Waals surface area contributed by atoms with Gasteiger partial charge in [-0.3, -0.25) is 9.59 Å². The first-order chi connectivity index (χ1) is 13.7. The average molecular weight is 436 g/mol. The van der Waals surface area contributed by atoms with Gasteiger partial charge in [-0.1, -0.05) is 6.07 Å². The van der Waals surface area contributed by atoms with Crippen LogP contribution in [0.2, 0.25) is 0 Å². The monoisotopic (exact) mass is 435 g/mol. The molecule has 0 aliphatic heterocycles. The minimum atomic E-state index is -0.539. The zero-order valence-corrected chi connectivity index (χ0v) is 19.2. The number of hydrogen-bond donors (Lipinski definition) is 1. The third-order valence-electron chi connectivity index (χ3n) is 5.86. The second-order valence-electron chi connectivity index (χ2n) is 8.85. The van der Waals surface area contributed by atoms with E-state index in [0.29, 0.717) is 24.3 Å². The molecule has 29 heavy (non-hydrogen) atoms. The summed E-state index contributed by atoms with van der Waals surface area (Å²) in [6.45, 7) is 4.43. The molecule has 5 nitrogen and oxygen atoms in total. The molecule has 0 spiro atoms. The van der Waals surface area contributed by atoms with E-state index in [0.717, 1.165) is 40.8 Å². The van der Waals surface area contributed by atoms with E-state index in [1.807, 2.05) is 19.9 Å². The minimum absolute atomic E-state index is 0.0170. The third-order valence-corrected chi connectivity index (χ3v) is 7.65. The lowest BCUT2D eigenvalue weighted by Crippen LogP contribution is -2.40. The van der Waals surface area contributed by atoms with Gasteiger partial charge in [0.05, 0.1) is 10.3 Å². The van der Waals surface area contributed by atoms with Crippen molar-refractivity contribution in [2.24, 2.45) is 11.3 Å². The molecule has 1 fully saturated rings. The van der Waals surface area contributed by atoms with Crippen LogP contribution in [0.15, 0.2) is 18.3 Å². The van der Waals surface area contributed by atoms with Gasteiger partial charge in [-0.25, -0.2) is 4.98 Å². The summed E-state index contributed by atoms with van der Waals surface area (Å²) in [4.78, 5) is 33.0. The molecule has 1 aliphatic carbocycles. The van der Waals surface area contributed by atoms with Gasteiger partial charge in [0.25, 0.3) is 5.91 Å². The van der Waals surface area contributed by atoms with Crippen molar-refractivity contribution in [3.63, 3.8) is 0 Å². The average Bonchev–Trinajstić information content (AvgIpc) is 3.11. The summed E-state index contributed by atoms with van der Waals surface area (Å²) < 4.78 is 0. The van der Waals surface area contributed by atoms with Crippen LogP contribution >= 0.6 is 22.9 Å². The number of carbonyl (C=O) groups excluding carboxylic acids is 2. The molecule has 2 amide bonds. The number of fused-ring (bicyclic) bond motifs is 1. The van der Waals surface area contributed by atoms with Crippen LogP contribution in [0.1, 0.15) is 60.7 Å². The summed E-state index contributed by atoms with van der Waals surface area (Å²) in [7, 11) is 3.59. The first kappa shape index (κ1) is 22.0. The number of carbonyl (C=O) groups is 2. The molecule has 1 N–H and O–H groups in total. The van der Waals surface area contributed by atoms with E-state index in [4.69, 9.17) is 11.6 Å². The molecule has 7 heteroatoms. The molecular formula is C22H30ClN3O2S. The Hall–Kier alpha value is -1.66. The number of amides is 2. The Morgan fingerprint density at radius 1 is 1.28 bits per heavy atom. The van der Waals surface area contributed by atoms with Crippen LogP contribution in [-0.4, -0.2) is 48.2 Å². The predicted octanol–water partition coefficient (Wildman–Crippen LogP) is 4.65. The first-order valence-corrected chi connectivity index (χ1v) is 11.5. The first-order valence-electron chi connectivity index (χ1n) is 10.2. The molecule has 2 aromatic rings. The molecule has 1 saturated carbocycles. The minimum Gasteiger partial charge on any atom is -0.355 e. The van der Waals surface area contributed by atoms with Crippen LogP contribution in [0, 0.1) is 11.3 Å². The van der Waals surface area contributed by atoms with Crippen LogP contribution < -0.4 is 5.32 Å². The number of hydrogen-bond acceptors (Lipinski definition) is 4. The number of pyridine rings is 1. The normalized spacial score (nSPS) is 19.9. The number of aromatic nitrogens is 1. The van der Waals surface area contributed by atoms with Gasteiger partial charge in [0.1, 0.15) is 4.83 Å². The zero-order valence-electron chi connectivity index (χ0n) is 17.6. The van der Waals surface area contributed by atoms with E-state index in [2.05, 4.69) is 16.4 Å². The lowest BCUT2D eigenvalue weighted by Gasteiger charge is -2.30. The highest BCUT2D eigenvalue weighted by molar-refractivity contribution is 7.20. The van der Waals surface area contributed by atoms with Crippen molar-refractivity contribution >= 4 is 45.0 Å². The molecule has 0 bridgehead atoms. The summed E-state index contributed by atoms with van der Waals surface area (Å²) in [5.74, 6) is 1.22. The summed E-state index contributed by atoms with van der Waals surface area (Å²) in [6.07, 6.45) is 5.91. The third kappa shape index (κ3) is 4.75. The Morgan fingerprint density at radius 3 is 2.59 bits per heavy atom. The Balaban J connectivity index is 1.71. The molecule has 3 rings (SSSR count). The zero-order chi connectivity index (χ0) is 21.2. The summed E-state index contributed by atoms with van der Waals surface area (Å²) >= 11 is 7.40. The topological polar surface area (TPSA) is 62.3 Å². The number of alkyl halides is 1. The van der Waals surface area contributed by atoms with E-state index >= 15 is 0 Å². The lowest BCUT2D eigenvalue weighted by atomic mass is 9.77. The van der Waals surface area contributed by atoms with Gasteiger partial charge >= 0.3 is 0 Å². The number of thiophene rings is 1. The Morgan fingerprint density at radius 2 is 1.97 bits per heavy atom. The van der Waals surface area contributed by atoms with Gasteiger partial charge in [-0.2, -0.15) is 0 Å². The molecule has 158 valence electrons. The highest BCUT2D eigenvalue weighted by Gasteiger charge is 2.31. The molecule has 2 aromatic heterocycles. The van der Waals surface area contributed by atoms with Crippen LogP contribution in [0.3, 0.4) is 0 Å². The van der Waals surface area contributed by atoms with Crippen LogP contribution in [-0.2, 0) is 4.79 Å². The van der Waals surface area contributed by atoms with Gasteiger partial charge in [0, 0.05) is 38.1 Å². The number of rotatable bonds is 6. The standard InChI is InChI=1S/C22H30ClN3O2S/c1-22(2,13-23)21(28)25-12-14-7-9-15(10-8-14)17-16-6-5-11-24-19(16)29-18(17)20(27)26(3)4/h5-6,11,14-15H,7-10,12-13H2,1-4H3,(H,25,28). The Labute approximate surface area is 181 Å². The second kappa shape index (κ2) is 9.00. The Kier molecular flexibility index (Phi) is 6.84. The van der Waals surface area contributed by atoms with Crippen molar-refractivity contribution in [2.45, 2.75) is 45.4 Å². The van der Waals surface area contributed by atoms with Crippen LogP contribution in [0.5, 0.6) is 0 Å². The number of nitrogens with one attached hydrogen (secondary N) is 1. The van der Waals surface area contributed by atoms with Crippen LogP contribution in [0.25, 0.3) is 10.2 Å². The number of nitrogens with zero attached hydrogens (tertiary/aromatic N) is 2.